The van der Waals surface area contributed by atoms with Crippen molar-refractivity contribution in [1.82, 2.24) is 5.32 Å². The van der Waals surface area contributed by atoms with Gasteiger partial charge in [0, 0.05) is 12.5 Å². The molecule has 1 heterocycles. The quantitative estimate of drug-likeness (QED) is 0.697. The summed E-state index contributed by atoms with van der Waals surface area (Å²) in [6.07, 6.45) is 2.51. The van der Waals surface area contributed by atoms with Crippen molar-refractivity contribution < 1.29 is 13.5 Å². The number of rotatable bonds is 5. The molecule has 0 aromatic rings. The zero-order valence-corrected chi connectivity index (χ0v) is 8.69. The summed E-state index contributed by atoms with van der Waals surface area (Å²) >= 11 is 0. The zero-order chi connectivity index (χ0) is 10.4. The minimum atomic E-state index is -2.59. The third-order valence-electron chi connectivity index (χ3n) is 2.59. The number of hydrogen-bond acceptors (Lipinski definition) is 2. The molecule has 0 amide bonds. The van der Waals surface area contributed by atoms with Crippen LogP contribution in [0.2, 0.25) is 0 Å². The van der Waals surface area contributed by atoms with Crippen LogP contribution in [0.25, 0.3) is 0 Å². The van der Waals surface area contributed by atoms with Crippen LogP contribution in [-0.4, -0.2) is 32.2 Å². The van der Waals surface area contributed by atoms with E-state index in [0.29, 0.717) is 19.6 Å². The van der Waals surface area contributed by atoms with E-state index >= 15 is 0 Å². The largest absolute Gasteiger partial charge is 0.381 e. The van der Waals surface area contributed by atoms with Crippen LogP contribution in [-0.2, 0) is 4.74 Å². The maximum absolute atomic E-state index is 13.2. The highest BCUT2D eigenvalue weighted by Gasteiger charge is 2.41. The van der Waals surface area contributed by atoms with Gasteiger partial charge in [0.15, 0.2) is 0 Å². The summed E-state index contributed by atoms with van der Waals surface area (Å²) in [5, 5.41) is 2.70. The van der Waals surface area contributed by atoms with Crippen LogP contribution in [0.15, 0.2) is 0 Å². The second kappa shape index (κ2) is 5.61. The molecule has 0 spiro atoms. The van der Waals surface area contributed by atoms with Gasteiger partial charge < -0.3 is 10.1 Å². The van der Waals surface area contributed by atoms with E-state index in [2.05, 4.69) is 12.2 Å². The molecule has 2 nitrogen and oxygen atoms in total. The van der Waals surface area contributed by atoms with Crippen molar-refractivity contribution >= 4 is 0 Å². The third kappa shape index (κ3) is 3.50. The van der Waals surface area contributed by atoms with Crippen LogP contribution in [0.5, 0.6) is 0 Å². The van der Waals surface area contributed by atoms with Crippen LogP contribution < -0.4 is 5.32 Å². The monoisotopic (exact) mass is 207 g/mol. The fourth-order valence-corrected chi connectivity index (χ4v) is 1.56. The number of alkyl halides is 2. The van der Waals surface area contributed by atoms with E-state index in [0.717, 1.165) is 12.8 Å². The van der Waals surface area contributed by atoms with Crippen LogP contribution >= 0.6 is 0 Å². The molecule has 1 aliphatic heterocycles. The Kier molecular flexibility index (Phi) is 4.75. The highest BCUT2D eigenvalue weighted by molar-refractivity contribution is 4.84. The summed E-state index contributed by atoms with van der Waals surface area (Å²) < 4.78 is 31.7. The highest BCUT2D eigenvalue weighted by atomic mass is 19.3. The predicted octanol–water partition coefficient (Wildman–Crippen LogP) is 2.05. The molecule has 14 heavy (non-hydrogen) atoms. The lowest BCUT2D eigenvalue weighted by Gasteiger charge is -2.31. The molecule has 0 radical (unpaired) electrons. The molecule has 0 bridgehead atoms. The molecule has 0 saturated carbocycles. The first-order valence-electron chi connectivity index (χ1n) is 5.33. The van der Waals surface area contributed by atoms with E-state index in [1.165, 1.54) is 0 Å². The number of ether oxygens (including phenoxy) is 1. The van der Waals surface area contributed by atoms with Gasteiger partial charge in [-0.2, -0.15) is 0 Å². The fourth-order valence-electron chi connectivity index (χ4n) is 1.56. The van der Waals surface area contributed by atoms with E-state index in [4.69, 9.17) is 4.74 Å². The van der Waals surface area contributed by atoms with Crippen molar-refractivity contribution in [3.05, 3.63) is 0 Å². The van der Waals surface area contributed by atoms with Gasteiger partial charge in [0.2, 0.25) is 0 Å². The number of piperidine rings is 1. The number of halogens is 2. The molecule has 1 aliphatic rings. The van der Waals surface area contributed by atoms with Crippen molar-refractivity contribution in [1.29, 1.82) is 0 Å². The van der Waals surface area contributed by atoms with Gasteiger partial charge >= 0.3 is 0 Å². The molecule has 1 fully saturated rings. The van der Waals surface area contributed by atoms with Gasteiger partial charge in [-0.15, -0.1) is 0 Å². The molecule has 1 unspecified atom stereocenters. The van der Waals surface area contributed by atoms with E-state index in [1.54, 1.807) is 0 Å². The van der Waals surface area contributed by atoms with E-state index in [1.807, 2.05) is 0 Å². The van der Waals surface area contributed by atoms with Gasteiger partial charge in [-0.25, -0.2) is 8.78 Å². The van der Waals surface area contributed by atoms with Crippen LogP contribution in [0.1, 0.15) is 26.2 Å². The molecule has 0 aliphatic carbocycles. The lowest BCUT2D eigenvalue weighted by Crippen LogP contribution is -2.47. The Hall–Kier alpha value is -0.220. The Labute approximate surface area is 84.0 Å². The van der Waals surface area contributed by atoms with Crippen LogP contribution in [0.3, 0.4) is 0 Å². The standard InChI is InChI=1S/C10H19F2NO/c1-2-3-6-14-7-9-4-5-13-8-10(9,11)12/h9,13H,2-8H2,1H3. The number of unbranched alkanes of at least 4 members (excludes halogenated alkanes) is 1. The maximum Gasteiger partial charge on any atom is 0.265 e. The predicted molar refractivity (Wildman–Crippen MR) is 51.7 cm³/mol. The van der Waals surface area contributed by atoms with Gasteiger partial charge in [0.25, 0.3) is 5.92 Å². The second-order valence-corrected chi connectivity index (χ2v) is 3.85. The molecular weight excluding hydrogens is 188 g/mol. The van der Waals surface area contributed by atoms with Crippen molar-refractivity contribution in [2.75, 3.05) is 26.3 Å². The molecule has 4 heteroatoms. The average Bonchev–Trinajstić information content (AvgIpc) is 2.14. The van der Waals surface area contributed by atoms with Gasteiger partial charge in [0.1, 0.15) is 0 Å². The summed E-state index contributed by atoms with van der Waals surface area (Å²) in [5.74, 6) is -3.19. The van der Waals surface area contributed by atoms with Crippen molar-refractivity contribution in [2.24, 2.45) is 5.92 Å². The second-order valence-electron chi connectivity index (χ2n) is 3.85. The highest BCUT2D eigenvalue weighted by Crippen LogP contribution is 2.29. The lowest BCUT2D eigenvalue weighted by atomic mass is 9.95. The van der Waals surface area contributed by atoms with Crippen LogP contribution in [0.4, 0.5) is 8.78 Å². The zero-order valence-electron chi connectivity index (χ0n) is 8.69. The first-order valence-corrected chi connectivity index (χ1v) is 5.33. The van der Waals surface area contributed by atoms with E-state index in [9.17, 15) is 8.78 Å². The van der Waals surface area contributed by atoms with Crippen LogP contribution in [0, 0.1) is 5.92 Å². The number of nitrogens with one attached hydrogen (secondary N) is 1. The molecule has 0 aromatic heterocycles. The minimum Gasteiger partial charge on any atom is -0.381 e. The Morgan fingerprint density at radius 3 is 2.93 bits per heavy atom. The van der Waals surface area contributed by atoms with Crippen molar-refractivity contribution in [3.8, 4) is 0 Å². The normalized spacial score (nSPS) is 26.4. The Bertz CT molecular complexity index is 164. The van der Waals surface area contributed by atoms with Gasteiger partial charge in [0.05, 0.1) is 13.2 Å². The Balaban J connectivity index is 2.20. The average molecular weight is 207 g/mol. The summed E-state index contributed by atoms with van der Waals surface area (Å²) in [6.45, 7) is 3.35. The van der Waals surface area contributed by atoms with E-state index in [-0.39, 0.29) is 13.2 Å². The van der Waals surface area contributed by atoms with Crippen molar-refractivity contribution in [2.45, 2.75) is 32.1 Å². The Morgan fingerprint density at radius 2 is 2.29 bits per heavy atom. The van der Waals surface area contributed by atoms with Gasteiger partial charge in [-0.05, 0) is 19.4 Å². The SMILES string of the molecule is CCCCOCC1CCNCC1(F)F. The van der Waals surface area contributed by atoms with E-state index < -0.39 is 11.8 Å². The molecule has 1 atom stereocenters. The molecule has 84 valence electrons. The molecule has 0 aromatic carbocycles. The number of hydrogen-bond donors (Lipinski definition) is 1. The lowest BCUT2D eigenvalue weighted by molar-refractivity contribution is -0.100. The Morgan fingerprint density at radius 1 is 1.50 bits per heavy atom. The summed E-state index contributed by atoms with van der Waals surface area (Å²) in [4.78, 5) is 0. The molecular formula is C10H19F2NO. The maximum atomic E-state index is 13.2. The summed E-state index contributed by atoms with van der Waals surface area (Å²) in [6, 6.07) is 0. The third-order valence-corrected chi connectivity index (χ3v) is 2.59. The van der Waals surface area contributed by atoms with Crippen molar-refractivity contribution in [3.63, 3.8) is 0 Å². The smallest absolute Gasteiger partial charge is 0.265 e. The molecule has 1 rings (SSSR count). The summed E-state index contributed by atoms with van der Waals surface area (Å²) in [7, 11) is 0. The first-order chi connectivity index (χ1) is 6.67. The fraction of sp³-hybridized carbons (Fsp3) is 1.00. The first kappa shape index (κ1) is 11.9. The molecule has 1 N–H and O–H groups in total. The minimum absolute atomic E-state index is 0.200. The summed E-state index contributed by atoms with van der Waals surface area (Å²) in [5.41, 5.74) is 0. The molecule has 1 saturated heterocycles. The van der Waals surface area contributed by atoms with Gasteiger partial charge in [-0.3, -0.25) is 0 Å². The van der Waals surface area contributed by atoms with Gasteiger partial charge in [-0.1, -0.05) is 13.3 Å². The topological polar surface area (TPSA) is 21.3 Å².